The molecule has 0 spiro atoms. The number of nitrogens with zero attached hydrogens (tertiary/aromatic N) is 3. The number of benzene rings is 1. The van der Waals surface area contributed by atoms with Crippen LogP contribution < -0.4 is 5.43 Å². The Hall–Kier alpha value is -2.39. The summed E-state index contributed by atoms with van der Waals surface area (Å²) >= 11 is 5.89. The third kappa shape index (κ3) is 5.07. The van der Waals surface area contributed by atoms with Gasteiger partial charge in [-0.15, -0.1) is 17.5 Å². The minimum atomic E-state index is -0.339. The minimum absolute atomic E-state index is 0.0274. The molecule has 7 heteroatoms. The minimum Gasteiger partial charge on any atom is -0.332 e. The van der Waals surface area contributed by atoms with Gasteiger partial charge < -0.3 is 4.90 Å². The van der Waals surface area contributed by atoms with E-state index in [1.165, 1.54) is 0 Å². The zero-order valence-electron chi connectivity index (χ0n) is 13.3. The second-order valence-corrected chi connectivity index (χ2v) is 5.95. The summed E-state index contributed by atoms with van der Waals surface area (Å²) in [4.78, 5) is 13.9. The summed E-state index contributed by atoms with van der Waals surface area (Å²) in [6, 6.07) is 6.71. The van der Waals surface area contributed by atoms with Gasteiger partial charge in [0.1, 0.15) is 0 Å². The SMILES string of the molecule is C#CCCC(=O)N1CCCCC1C(=N)/N=N\Nc1cccc(Cl)c1. The lowest BCUT2D eigenvalue weighted by molar-refractivity contribution is -0.133. The number of amidine groups is 1. The second kappa shape index (κ2) is 9.04. The Kier molecular flexibility index (Phi) is 6.76. The highest BCUT2D eigenvalue weighted by molar-refractivity contribution is 6.30. The van der Waals surface area contributed by atoms with Crippen molar-refractivity contribution < 1.29 is 4.79 Å². The molecule has 0 saturated carbocycles. The smallest absolute Gasteiger partial charge is 0.224 e. The third-order valence-electron chi connectivity index (χ3n) is 3.78. The molecule has 1 aliphatic heterocycles. The van der Waals surface area contributed by atoms with E-state index < -0.39 is 0 Å². The van der Waals surface area contributed by atoms with Crippen molar-refractivity contribution in [3.05, 3.63) is 29.3 Å². The van der Waals surface area contributed by atoms with Crippen LogP contribution in [0.2, 0.25) is 5.02 Å². The van der Waals surface area contributed by atoms with Gasteiger partial charge in [0.25, 0.3) is 0 Å². The van der Waals surface area contributed by atoms with Crippen LogP contribution in [0.25, 0.3) is 0 Å². The number of piperidine rings is 1. The van der Waals surface area contributed by atoms with Gasteiger partial charge in [0.2, 0.25) is 5.91 Å². The molecule has 1 heterocycles. The predicted octanol–water partition coefficient (Wildman–Crippen LogP) is 3.89. The molecule has 1 aromatic carbocycles. The Morgan fingerprint density at radius 1 is 1.50 bits per heavy atom. The van der Waals surface area contributed by atoms with Gasteiger partial charge >= 0.3 is 0 Å². The van der Waals surface area contributed by atoms with Crippen LogP contribution in [0.5, 0.6) is 0 Å². The van der Waals surface area contributed by atoms with Gasteiger partial charge in [0.05, 0.1) is 11.7 Å². The Balaban J connectivity index is 1.96. The quantitative estimate of drug-likeness (QED) is 0.279. The number of terminal acetylenes is 1. The van der Waals surface area contributed by atoms with E-state index in [2.05, 4.69) is 21.7 Å². The number of hydrogen-bond donors (Lipinski definition) is 2. The van der Waals surface area contributed by atoms with Crippen LogP contribution in [0.1, 0.15) is 32.1 Å². The van der Waals surface area contributed by atoms with Crippen molar-refractivity contribution in [2.75, 3.05) is 12.0 Å². The largest absolute Gasteiger partial charge is 0.332 e. The maximum absolute atomic E-state index is 12.2. The lowest BCUT2D eigenvalue weighted by Gasteiger charge is -2.34. The van der Waals surface area contributed by atoms with Crippen LogP contribution in [0, 0.1) is 17.8 Å². The third-order valence-corrected chi connectivity index (χ3v) is 4.02. The highest BCUT2D eigenvalue weighted by Crippen LogP contribution is 2.20. The topological polar surface area (TPSA) is 80.9 Å². The fraction of sp³-hybridized carbons (Fsp3) is 0.412. The second-order valence-electron chi connectivity index (χ2n) is 5.51. The Morgan fingerprint density at radius 3 is 3.08 bits per heavy atom. The normalized spacial score (nSPS) is 17.5. The van der Waals surface area contributed by atoms with Crippen molar-refractivity contribution in [1.29, 1.82) is 5.41 Å². The van der Waals surface area contributed by atoms with Gasteiger partial charge in [0.15, 0.2) is 5.84 Å². The average molecular weight is 346 g/mol. The molecule has 1 amide bonds. The summed E-state index contributed by atoms with van der Waals surface area (Å²) < 4.78 is 0. The number of nitrogens with one attached hydrogen (secondary N) is 2. The Labute approximate surface area is 146 Å². The lowest BCUT2D eigenvalue weighted by atomic mass is 10.0. The van der Waals surface area contributed by atoms with Crippen LogP contribution in [0.4, 0.5) is 5.69 Å². The van der Waals surface area contributed by atoms with Crippen LogP contribution >= 0.6 is 11.6 Å². The highest BCUT2D eigenvalue weighted by Gasteiger charge is 2.29. The van der Waals surface area contributed by atoms with Crippen molar-refractivity contribution in [3.63, 3.8) is 0 Å². The van der Waals surface area contributed by atoms with Crippen molar-refractivity contribution >= 4 is 29.0 Å². The Bertz CT molecular complexity index is 667. The first-order valence-electron chi connectivity index (χ1n) is 7.85. The summed E-state index contributed by atoms with van der Waals surface area (Å²) in [5.74, 6) is 2.52. The number of likely N-dealkylation sites (tertiary alicyclic amines) is 1. The lowest BCUT2D eigenvalue weighted by Crippen LogP contribution is -2.47. The number of carbonyl (C=O) groups is 1. The molecule has 0 bridgehead atoms. The van der Waals surface area contributed by atoms with E-state index in [0.29, 0.717) is 30.1 Å². The summed E-state index contributed by atoms with van der Waals surface area (Å²) in [7, 11) is 0. The Morgan fingerprint density at radius 2 is 2.33 bits per heavy atom. The first-order chi connectivity index (χ1) is 11.6. The van der Waals surface area contributed by atoms with Gasteiger partial charge in [-0.05, 0) is 37.5 Å². The number of hydrogen-bond acceptors (Lipinski definition) is 3. The monoisotopic (exact) mass is 345 g/mol. The van der Waals surface area contributed by atoms with Gasteiger partial charge in [-0.2, -0.15) is 0 Å². The molecular weight excluding hydrogens is 326 g/mol. The summed E-state index contributed by atoms with van der Waals surface area (Å²) in [6.07, 6.45) is 8.55. The number of amides is 1. The number of anilines is 1. The molecule has 1 aromatic rings. The molecule has 1 aliphatic rings. The van der Waals surface area contributed by atoms with Gasteiger partial charge in [0, 0.05) is 24.4 Å². The van der Waals surface area contributed by atoms with Crippen molar-refractivity contribution in [2.45, 2.75) is 38.1 Å². The van der Waals surface area contributed by atoms with E-state index in [1.54, 1.807) is 29.2 Å². The number of rotatable bonds is 5. The summed E-state index contributed by atoms with van der Waals surface area (Å²) in [5.41, 5.74) is 3.42. The zero-order chi connectivity index (χ0) is 17.4. The van der Waals surface area contributed by atoms with E-state index in [4.69, 9.17) is 23.4 Å². The predicted molar refractivity (Wildman–Crippen MR) is 95.1 cm³/mol. The molecule has 0 aromatic heterocycles. The van der Waals surface area contributed by atoms with E-state index in [-0.39, 0.29) is 17.8 Å². The molecule has 1 unspecified atom stereocenters. The van der Waals surface area contributed by atoms with Gasteiger partial charge in [-0.1, -0.05) is 22.9 Å². The average Bonchev–Trinajstić information content (AvgIpc) is 2.59. The summed E-state index contributed by atoms with van der Waals surface area (Å²) in [5, 5.41) is 16.5. The van der Waals surface area contributed by atoms with Crippen LogP contribution in [-0.4, -0.2) is 29.2 Å². The van der Waals surface area contributed by atoms with Gasteiger partial charge in [-0.3, -0.25) is 15.6 Å². The molecule has 2 rings (SSSR count). The number of carbonyl (C=O) groups excluding carboxylic acids is 1. The fourth-order valence-electron chi connectivity index (χ4n) is 2.60. The zero-order valence-corrected chi connectivity index (χ0v) is 14.1. The molecule has 2 N–H and O–H groups in total. The standard InChI is InChI=1S/C17H20ClN5O/c1-2-3-10-16(24)23-11-5-4-9-15(23)17(19)21-22-20-14-8-6-7-13(18)12-14/h1,6-8,12,15H,3-5,9-11H2,(H2,19,20,21). The molecular formula is C17H20ClN5O. The summed E-state index contributed by atoms with van der Waals surface area (Å²) in [6.45, 7) is 0.633. The van der Waals surface area contributed by atoms with Crippen LogP contribution in [0.15, 0.2) is 34.6 Å². The first-order valence-corrected chi connectivity index (χ1v) is 8.23. The van der Waals surface area contributed by atoms with Crippen LogP contribution in [0.3, 0.4) is 0 Å². The fourth-order valence-corrected chi connectivity index (χ4v) is 2.79. The van der Waals surface area contributed by atoms with E-state index >= 15 is 0 Å². The molecule has 24 heavy (non-hydrogen) atoms. The molecule has 1 fully saturated rings. The molecule has 1 saturated heterocycles. The molecule has 6 nitrogen and oxygen atoms in total. The molecule has 0 aliphatic carbocycles. The van der Waals surface area contributed by atoms with Gasteiger partial charge in [-0.25, -0.2) is 0 Å². The number of halogens is 1. The maximum atomic E-state index is 12.2. The van der Waals surface area contributed by atoms with Crippen molar-refractivity contribution in [2.24, 2.45) is 10.3 Å². The first kappa shape index (κ1) is 18.0. The van der Waals surface area contributed by atoms with Crippen molar-refractivity contribution in [1.82, 2.24) is 4.90 Å². The van der Waals surface area contributed by atoms with E-state index in [0.717, 1.165) is 19.3 Å². The maximum Gasteiger partial charge on any atom is 0.224 e. The molecule has 0 radical (unpaired) electrons. The van der Waals surface area contributed by atoms with E-state index in [1.807, 2.05) is 0 Å². The van der Waals surface area contributed by atoms with Crippen LogP contribution in [-0.2, 0) is 4.79 Å². The van der Waals surface area contributed by atoms with Crippen molar-refractivity contribution in [3.8, 4) is 12.3 Å². The van der Waals surface area contributed by atoms with E-state index in [9.17, 15) is 4.79 Å². The molecule has 1 atom stereocenters. The highest BCUT2D eigenvalue weighted by atomic mass is 35.5. The molecule has 126 valence electrons.